The Morgan fingerprint density at radius 2 is 2.00 bits per heavy atom. The molecule has 0 aliphatic rings. The van der Waals surface area contributed by atoms with Gasteiger partial charge in [0.2, 0.25) is 0 Å². The van der Waals surface area contributed by atoms with Crippen LogP contribution in [0.3, 0.4) is 0 Å². The predicted molar refractivity (Wildman–Crippen MR) is 67.5 cm³/mol. The molecular formula is C13H20N2O2. The molecule has 0 aromatic heterocycles. The van der Waals surface area contributed by atoms with E-state index in [1.807, 2.05) is 30.3 Å². The summed E-state index contributed by atoms with van der Waals surface area (Å²) in [5, 5.41) is 2.89. The van der Waals surface area contributed by atoms with Crippen molar-refractivity contribution in [3.63, 3.8) is 0 Å². The Morgan fingerprint density at radius 1 is 1.41 bits per heavy atom. The minimum atomic E-state index is -0.845. The lowest BCUT2D eigenvalue weighted by Gasteiger charge is -2.25. The van der Waals surface area contributed by atoms with Crippen molar-refractivity contribution in [2.75, 3.05) is 13.7 Å². The van der Waals surface area contributed by atoms with E-state index in [0.717, 1.165) is 5.56 Å². The van der Waals surface area contributed by atoms with Crippen molar-refractivity contribution < 1.29 is 9.53 Å². The lowest BCUT2D eigenvalue weighted by atomic mass is 10.0. The number of hydrogen-bond donors (Lipinski definition) is 2. The number of nitrogens with one attached hydrogen (secondary N) is 1. The van der Waals surface area contributed by atoms with Crippen molar-refractivity contribution in [1.29, 1.82) is 0 Å². The monoisotopic (exact) mass is 236 g/mol. The number of carbonyl (C=O) groups excluding carboxylic acids is 1. The molecule has 0 spiro atoms. The fourth-order valence-electron chi connectivity index (χ4n) is 1.39. The van der Waals surface area contributed by atoms with Crippen LogP contribution in [0.1, 0.15) is 25.5 Å². The Labute approximate surface area is 102 Å². The van der Waals surface area contributed by atoms with Gasteiger partial charge >= 0.3 is 0 Å². The fraction of sp³-hybridized carbons (Fsp3) is 0.462. The highest BCUT2D eigenvalue weighted by Gasteiger charge is 2.28. The van der Waals surface area contributed by atoms with E-state index < -0.39 is 5.60 Å². The summed E-state index contributed by atoms with van der Waals surface area (Å²) in [5.41, 5.74) is 5.83. The number of benzene rings is 1. The molecule has 0 aliphatic carbocycles. The van der Waals surface area contributed by atoms with Gasteiger partial charge in [-0.25, -0.2) is 0 Å². The maximum atomic E-state index is 11.9. The van der Waals surface area contributed by atoms with Gasteiger partial charge in [0.15, 0.2) is 0 Å². The fourth-order valence-corrected chi connectivity index (χ4v) is 1.39. The smallest absolute Gasteiger partial charge is 0.252 e. The topological polar surface area (TPSA) is 64.3 Å². The van der Waals surface area contributed by atoms with Gasteiger partial charge in [0.05, 0.1) is 6.04 Å². The van der Waals surface area contributed by atoms with Crippen LogP contribution in [0.5, 0.6) is 0 Å². The van der Waals surface area contributed by atoms with Gasteiger partial charge in [-0.15, -0.1) is 0 Å². The maximum absolute atomic E-state index is 11.9. The zero-order valence-electron chi connectivity index (χ0n) is 10.6. The molecule has 1 rings (SSSR count). The number of hydrogen-bond acceptors (Lipinski definition) is 3. The molecule has 0 fully saturated rings. The SMILES string of the molecule is COC(C)(C)C(=O)NC(CN)c1ccccc1. The van der Waals surface area contributed by atoms with Crippen molar-refractivity contribution in [2.24, 2.45) is 5.73 Å². The van der Waals surface area contributed by atoms with E-state index in [1.54, 1.807) is 13.8 Å². The van der Waals surface area contributed by atoms with Crippen LogP contribution in [0.4, 0.5) is 0 Å². The van der Waals surface area contributed by atoms with E-state index in [9.17, 15) is 4.79 Å². The van der Waals surface area contributed by atoms with Crippen LogP contribution < -0.4 is 11.1 Å². The molecule has 3 N–H and O–H groups in total. The van der Waals surface area contributed by atoms with E-state index >= 15 is 0 Å². The summed E-state index contributed by atoms with van der Waals surface area (Å²) in [6.07, 6.45) is 0. The van der Waals surface area contributed by atoms with Gasteiger partial charge in [-0.1, -0.05) is 30.3 Å². The van der Waals surface area contributed by atoms with Gasteiger partial charge in [0.1, 0.15) is 5.60 Å². The number of nitrogens with two attached hydrogens (primary N) is 1. The normalized spacial score (nSPS) is 13.2. The number of ether oxygens (including phenoxy) is 1. The third-order valence-electron chi connectivity index (χ3n) is 2.80. The molecule has 0 heterocycles. The molecule has 1 unspecified atom stereocenters. The summed E-state index contributed by atoms with van der Waals surface area (Å²) >= 11 is 0. The molecule has 0 saturated heterocycles. The number of methoxy groups -OCH3 is 1. The lowest BCUT2D eigenvalue weighted by Crippen LogP contribution is -2.46. The standard InChI is InChI=1S/C13H20N2O2/c1-13(2,17-3)12(16)15-11(9-14)10-7-5-4-6-8-10/h4-8,11H,9,14H2,1-3H3,(H,15,16). The summed E-state index contributed by atoms with van der Waals surface area (Å²) in [6, 6.07) is 9.47. The van der Waals surface area contributed by atoms with Gasteiger partial charge in [-0.3, -0.25) is 4.79 Å². The zero-order valence-corrected chi connectivity index (χ0v) is 10.6. The highest BCUT2D eigenvalue weighted by molar-refractivity contribution is 5.84. The average Bonchev–Trinajstić information content (AvgIpc) is 2.36. The van der Waals surface area contributed by atoms with Crippen LogP contribution in [0.2, 0.25) is 0 Å². The third kappa shape index (κ3) is 3.54. The zero-order chi connectivity index (χ0) is 12.9. The summed E-state index contributed by atoms with van der Waals surface area (Å²) in [6.45, 7) is 3.80. The molecule has 0 saturated carbocycles. The van der Waals surface area contributed by atoms with Crippen molar-refractivity contribution >= 4 is 5.91 Å². The van der Waals surface area contributed by atoms with E-state index in [2.05, 4.69) is 5.32 Å². The highest BCUT2D eigenvalue weighted by atomic mass is 16.5. The molecule has 1 atom stereocenters. The first-order valence-electron chi connectivity index (χ1n) is 5.62. The third-order valence-corrected chi connectivity index (χ3v) is 2.80. The van der Waals surface area contributed by atoms with Crippen molar-refractivity contribution in [2.45, 2.75) is 25.5 Å². The largest absolute Gasteiger partial charge is 0.369 e. The molecule has 0 aliphatic heterocycles. The minimum Gasteiger partial charge on any atom is -0.369 e. The van der Waals surface area contributed by atoms with Gasteiger partial charge in [-0.2, -0.15) is 0 Å². The van der Waals surface area contributed by atoms with Crippen molar-refractivity contribution in [3.05, 3.63) is 35.9 Å². The first-order chi connectivity index (χ1) is 8.01. The Bertz CT molecular complexity index is 363. The van der Waals surface area contributed by atoms with E-state index in [4.69, 9.17) is 10.5 Å². The van der Waals surface area contributed by atoms with E-state index in [1.165, 1.54) is 7.11 Å². The van der Waals surface area contributed by atoms with Crippen molar-refractivity contribution in [3.8, 4) is 0 Å². The molecule has 4 heteroatoms. The van der Waals surface area contributed by atoms with Crippen LogP contribution >= 0.6 is 0 Å². The minimum absolute atomic E-state index is 0.167. The second-order valence-electron chi connectivity index (χ2n) is 4.39. The number of amides is 1. The maximum Gasteiger partial charge on any atom is 0.252 e. The second-order valence-corrected chi connectivity index (χ2v) is 4.39. The molecule has 0 radical (unpaired) electrons. The Kier molecular flexibility index (Phi) is 4.66. The van der Waals surface area contributed by atoms with Gasteiger partial charge in [0.25, 0.3) is 5.91 Å². The summed E-state index contributed by atoms with van der Waals surface area (Å²) in [5.74, 6) is -0.167. The molecule has 1 aromatic carbocycles. The highest BCUT2D eigenvalue weighted by Crippen LogP contribution is 2.14. The second kappa shape index (κ2) is 5.80. The van der Waals surface area contributed by atoms with Crippen molar-refractivity contribution in [1.82, 2.24) is 5.32 Å². The predicted octanol–water partition coefficient (Wildman–Crippen LogP) is 1.23. The van der Waals surface area contributed by atoms with Crippen LogP contribution in [0.15, 0.2) is 30.3 Å². The lowest BCUT2D eigenvalue weighted by molar-refractivity contribution is -0.140. The summed E-state index contributed by atoms with van der Waals surface area (Å²) < 4.78 is 5.13. The Morgan fingerprint density at radius 3 is 2.47 bits per heavy atom. The molecule has 94 valence electrons. The van der Waals surface area contributed by atoms with Gasteiger partial charge in [0, 0.05) is 13.7 Å². The molecule has 17 heavy (non-hydrogen) atoms. The number of rotatable bonds is 5. The van der Waals surface area contributed by atoms with Crippen LogP contribution in [-0.4, -0.2) is 25.2 Å². The summed E-state index contributed by atoms with van der Waals surface area (Å²) in [4.78, 5) is 11.9. The first-order valence-corrected chi connectivity index (χ1v) is 5.62. The Hall–Kier alpha value is -1.39. The summed E-state index contributed by atoms with van der Waals surface area (Å²) in [7, 11) is 1.51. The molecule has 1 amide bonds. The van der Waals surface area contributed by atoms with Crippen LogP contribution in [-0.2, 0) is 9.53 Å². The average molecular weight is 236 g/mol. The van der Waals surface area contributed by atoms with E-state index in [0.29, 0.717) is 6.54 Å². The van der Waals surface area contributed by atoms with Gasteiger partial charge < -0.3 is 15.8 Å². The van der Waals surface area contributed by atoms with Crippen LogP contribution in [0.25, 0.3) is 0 Å². The number of carbonyl (C=O) groups is 1. The molecular weight excluding hydrogens is 216 g/mol. The molecule has 1 aromatic rings. The molecule has 0 bridgehead atoms. The first kappa shape index (κ1) is 13.7. The quantitative estimate of drug-likeness (QED) is 0.808. The Balaban J connectivity index is 2.75. The van der Waals surface area contributed by atoms with Crippen LogP contribution in [0, 0.1) is 0 Å². The molecule has 4 nitrogen and oxygen atoms in total. The van der Waals surface area contributed by atoms with Gasteiger partial charge in [-0.05, 0) is 19.4 Å². The van der Waals surface area contributed by atoms with E-state index in [-0.39, 0.29) is 11.9 Å².